The molecule has 0 bridgehead atoms. The van der Waals surface area contributed by atoms with Crippen molar-refractivity contribution < 1.29 is 8.42 Å². The first kappa shape index (κ1) is 19.3. The highest BCUT2D eigenvalue weighted by molar-refractivity contribution is 7.89. The van der Waals surface area contributed by atoms with E-state index >= 15 is 0 Å². The molecule has 8 heteroatoms. The summed E-state index contributed by atoms with van der Waals surface area (Å²) in [5.41, 5.74) is 2.45. The lowest BCUT2D eigenvalue weighted by Gasteiger charge is -2.21. The van der Waals surface area contributed by atoms with E-state index in [2.05, 4.69) is 10.2 Å². The van der Waals surface area contributed by atoms with Crippen LogP contribution in [0.3, 0.4) is 0 Å². The molecule has 0 unspecified atom stereocenters. The van der Waals surface area contributed by atoms with Gasteiger partial charge >= 0.3 is 0 Å². The molecule has 144 valence electrons. The van der Waals surface area contributed by atoms with Crippen molar-refractivity contribution in [2.75, 3.05) is 0 Å². The van der Waals surface area contributed by atoms with Crippen LogP contribution in [-0.2, 0) is 36.2 Å². The number of sulfonamides is 1. The molecule has 7 nitrogen and oxygen atoms in total. The van der Waals surface area contributed by atoms with Gasteiger partial charge in [0, 0.05) is 37.9 Å². The van der Waals surface area contributed by atoms with E-state index in [4.69, 9.17) is 0 Å². The maximum Gasteiger partial charge on any atom is 0.247 e. The van der Waals surface area contributed by atoms with Crippen molar-refractivity contribution in [3.63, 3.8) is 0 Å². The van der Waals surface area contributed by atoms with Crippen molar-refractivity contribution in [1.29, 1.82) is 0 Å². The smallest absolute Gasteiger partial charge is 0.247 e. The van der Waals surface area contributed by atoms with Crippen molar-refractivity contribution in [2.45, 2.75) is 51.8 Å². The fourth-order valence-corrected chi connectivity index (χ4v) is 4.59. The third kappa shape index (κ3) is 4.12. The average Bonchev–Trinajstić information content (AvgIpc) is 3.28. The molecule has 0 radical (unpaired) electrons. The molecule has 0 aliphatic rings. The summed E-state index contributed by atoms with van der Waals surface area (Å²) in [5, 5.41) is 8.47. The van der Waals surface area contributed by atoms with E-state index in [1.165, 1.54) is 10.5 Å². The Morgan fingerprint density at radius 2 is 1.67 bits per heavy atom. The molecule has 0 spiro atoms. The molecule has 0 aliphatic carbocycles. The average molecular weight is 388 g/mol. The van der Waals surface area contributed by atoms with Gasteiger partial charge in [-0.25, -0.2) is 8.42 Å². The van der Waals surface area contributed by atoms with Gasteiger partial charge in [-0.3, -0.25) is 9.36 Å². The Labute approximate surface area is 160 Å². The van der Waals surface area contributed by atoms with Crippen LogP contribution in [-0.4, -0.2) is 32.3 Å². The van der Waals surface area contributed by atoms with Crippen LogP contribution >= 0.6 is 0 Å². The van der Waals surface area contributed by atoms with Gasteiger partial charge in [-0.2, -0.15) is 14.5 Å². The maximum atomic E-state index is 13.4. The maximum absolute atomic E-state index is 13.4. The van der Waals surface area contributed by atoms with Crippen LogP contribution in [0.2, 0.25) is 0 Å². The Morgan fingerprint density at radius 1 is 0.963 bits per heavy atom. The normalized spacial score (nSPS) is 12.0. The minimum Gasteiger partial charge on any atom is -0.273 e. The SMILES string of the molecule is CCn1cc(CN(Cc2ccccc2)S(=O)(=O)c2cnn(CC)c2C)cn1. The molecule has 0 saturated carbocycles. The lowest BCUT2D eigenvalue weighted by atomic mass is 10.2. The molecule has 0 aliphatic heterocycles. The molecular weight excluding hydrogens is 362 g/mol. The molecule has 3 aromatic rings. The number of benzene rings is 1. The van der Waals surface area contributed by atoms with Crippen molar-refractivity contribution in [2.24, 2.45) is 0 Å². The van der Waals surface area contributed by atoms with Crippen molar-refractivity contribution in [3.05, 3.63) is 65.7 Å². The highest BCUT2D eigenvalue weighted by Gasteiger charge is 2.29. The van der Waals surface area contributed by atoms with Crippen molar-refractivity contribution >= 4 is 10.0 Å². The van der Waals surface area contributed by atoms with E-state index in [-0.39, 0.29) is 18.0 Å². The van der Waals surface area contributed by atoms with Crippen LogP contribution in [0, 0.1) is 6.92 Å². The minimum atomic E-state index is -3.70. The second kappa shape index (κ2) is 8.06. The second-order valence-electron chi connectivity index (χ2n) is 6.37. The summed E-state index contributed by atoms with van der Waals surface area (Å²) in [7, 11) is -3.70. The quantitative estimate of drug-likeness (QED) is 0.596. The van der Waals surface area contributed by atoms with E-state index in [1.54, 1.807) is 22.5 Å². The molecular formula is C19H25N5O2S. The van der Waals surface area contributed by atoms with Crippen LogP contribution in [0.5, 0.6) is 0 Å². The highest BCUT2D eigenvalue weighted by atomic mass is 32.2. The number of nitrogens with zero attached hydrogens (tertiary/aromatic N) is 5. The zero-order chi connectivity index (χ0) is 19.4. The first-order chi connectivity index (χ1) is 13.0. The van der Waals surface area contributed by atoms with Gasteiger partial charge in [0.25, 0.3) is 0 Å². The zero-order valence-corrected chi connectivity index (χ0v) is 16.7. The molecule has 0 N–H and O–H groups in total. The standard InChI is InChI=1S/C19H25N5O2S/c1-4-22-13-18(11-20-22)15-23(14-17-9-7-6-8-10-17)27(25,26)19-12-21-24(5-2)16(19)3/h6-13H,4-5,14-15H2,1-3H3. The van der Waals surface area contributed by atoms with Crippen LogP contribution in [0.1, 0.15) is 30.7 Å². The fraction of sp³-hybridized carbons (Fsp3) is 0.368. The van der Waals surface area contributed by atoms with E-state index in [0.717, 1.165) is 17.7 Å². The van der Waals surface area contributed by atoms with Crippen molar-refractivity contribution in [3.8, 4) is 0 Å². The number of aromatic nitrogens is 4. The zero-order valence-electron chi connectivity index (χ0n) is 15.9. The summed E-state index contributed by atoms with van der Waals surface area (Å²) in [4.78, 5) is 0.253. The lowest BCUT2D eigenvalue weighted by Crippen LogP contribution is -2.30. The van der Waals surface area contributed by atoms with E-state index in [9.17, 15) is 8.42 Å². The molecule has 0 atom stereocenters. The van der Waals surface area contributed by atoms with E-state index in [1.807, 2.05) is 50.4 Å². The van der Waals surface area contributed by atoms with Crippen molar-refractivity contribution in [1.82, 2.24) is 23.9 Å². The predicted octanol–water partition coefficient (Wildman–Crippen LogP) is 2.82. The third-order valence-corrected chi connectivity index (χ3v) is 6.44. The summed E-state index contributed by atoms with van der Waals surface area (Å²) >= 11 is 0. The Bertz CT molecular complexity index is 992. The minimum absolute atomic E-state index is 0.253. The van der Waals surface area contributed by atoms with Gasteiger partial charge in [0.05, 0.1) is 18.1 Å². The molecule has 2 aromatic heterocycles. The second-order valence-corrected chi connectivity index (χ2v) is 8.28. The molecule has 0 amide bonds. The van der Waals surface area contributed by atoms with E-state index in [0.29, 0.717) is 12.2 Å². The van der Waals surface area contributed by atoms with Crippen LogP contribution in [0.15, 0.2) is 53.8 Å². The Balaban J connectivity index is 1.97. The van der Waals surface area contributed by atoms with Gasteiger partial charge in [0.2, 0.25) is 10.0 Å². The summed E-state index contributed by atoms with van der Waals surface area (Å²) < 4.78 is 31.8. The number of hydrogen-bond donors (Lipinski definition) is 0. The monoisotopic (exact) mass is 387 g/mol. The third-order valence-electron chi connectivity index (χ3n) is 4.55. The Hall–Kier alpha value is -2.45. The van der Waals surface area contributed by atoms with Crippen LogP contribution in [0.4, 0.5) is 0 Å². The number of hydrogen-bond acceptors (Lipinski definition) is 4. The molecule has 0 saturated heterocycles. The van der Waals surface area contributed by atoms with Gasteiger partial charge in [0.1, 0.15) is 4.90 Å². The van der Waals surface area contributed by atoms with Gasteiger partial charge in [-0.05, 0) is 26.3 Å². The van der Waals surface area contributed by atoms with Crippen LogP contribution in [0.25, 0.3) is 0 Å². The van der Waals surface area contributed by atoms with Crippen LogP contribution < -0.4 is 0 Å². The number of rotatable bonds is 8. The lowest BCUT2D eigenvalue weighted by molar-refractivity contribution is 0.400. The summed E-state index contributed by atoms with van der Waals surface area (Å²) in [6.45, 7) is 7.65. The topological polar surface area (TPSA) is 73.0 Å². The fourth-order valence-electron chi connectivity index (χ4n) is 3.02. The molecule has 2 heterocycles. The largest absolute Gasteiger partial charge is 0.273 e. The first-order valence-corrected chi connectivity index (χ1v) is 10.5. The van der Waals surface area contributed by atoms with Gasteiger partial charge < -0.3 is 0 Å². The summed E-state index contributed by atoms with van der Waals surface area (Å²) in [5.74, 6) is 0. The van der Waals surface area contributed by atoms with Gasteiger partial charge in [-0.1, -0.05) is 30.3 Å². The predicted molar refractivity (Wildman–Crippen MR) is 103 cm³/mol. The molecule has 1 aromatic carbocycles. The molecule has 27 heavy (non-hydrogen) atoms. The molecule has 0 fully saturated rings. The first-order valence-electron chi connectivity index (χ1n) is 9.03. The Kier molecular flexibility index (Phi) is 5.76. The van der Waals surface area contributed by atoms with E-state index < -0.39 is 10.0 Å². The van der Waals surface area contributed by atoms with Gasteiger partial charge in [-0.15, -0.1) is 0 Å². The summed E-state index contributed by atoms with van der Waals surface area (Å²) in [6.07, 6.45) is 5.05. The Morgan fingerprint density at radius 3 is 2.26 bits per heavy atom. The highest BCUT2D eigenvalue weighted by Crippen LogP contribution is 2.23. The van der Waals surface area contributed by atoms with Gasteiger partial charge in [0.15, 0.2) is 0 Å². The molecule has 3 rings (SSSR count). The number of aryl methyl sites for hydroxylation is 2. The summed E-state index contributed by atoms with van der Waals surface area (Å²) in [6, 6.07) is 9.61.